The first-order valence-corrected chi connectivity index (χ1v) is 6.83. The van der Waals surface area contributed by atoms with Gasteiger partial charge in [-0.3, -0.25) is 4.79 Å². The number of imidazole rings is 1. The zero-order valence-electron chi connectivity index (χ0n) is 12.4. The van der Waals surface area contributed by atoms with Crippen molar-refractivity contribution in [3.05, 3.63) is 60.1 Å². The van der Waals surface area contributed by atoms with Gasteiger partial charge < -0.3 is 9.30 Å². The largest absolute Gasteiger partial charge is 0.481 e. The molecule has 5 nitrogen and oxygen atoms in total. The fourth-order valence-corrected chi connectivity index (χ4v) is 2.25. The quantitative estimate of drug-likeness (QED) is 0.548. The summed E-state index contributed by atoms with van der Waals surface area (Å²) in [6, 6.07) is 11.2. The highest BCUT2D eigenvalue weighted by Crippen LogP contribution is 2.15. The number of fused-ring (bicyclic) bond motifs is 1. The molecule has 0 bridgehead atoms. The van der Waals surface area contributed by atoms with Crippen LogP contribution in [0.3, 0.4) is 0 Å². The van der Waals surface area contributed by atoms with Crippen molar-refractivity contribution >= 4 is 22.9 Å². The number of ether oxygens (including phenoxy) is 1. The van der Waals surface area contributed by atoms with Crippen molar-refractivity contribution in [2.45, 2.75) is 0 Å². The molecular formula is C17H15N3O2. The van der Waals surface area contributed by atoms with Gasteiger partial charge in [-0.05, 0) is 29.8 Å². The van der Waals surface area contributed by atoms with Gasteiger partial charge in [-0.2, -0.15) is 0 Å². The molecule has 110 valence electrons. The zero-order chi connectivity index (χ0) is 15.5. The summed E-state index contributed by atoms with van der Waals surface area (Å²) < 4.78 is 6.86. The van der Waals surface area contributed by atoms with E-state index in [-0.39, 0.29) is 5.78 Å². The number of rotatable bonds is 4. The monoisotopic (exact) mass is 293 g/mol. The number of pyridine rings is 1. The van der Waals surface area contributed by atoms with Crippen molar-refractivity contribution in [3.8, 4) is 5.88 Å². The molecule has 1 aromatic carbocycles. The van der Waals surface area contributed by atoms with Gasteiger partial charge in [-0.15, -0.1) is 0 Å². The number of hydrogen-bond acceptors (Lipinski definition) is 4. The third kappa shape index (κ3) is 2.61. The molecule has 0 spiro atoms. The second-order valence-electron chi connectivity index (χ2n) is 4.81. The van der Waals surface area contributed by atoms with Crippen LogP contribution >= 0.6 is 0 Å². The average molecular weight is 293 g/mol. The van der Waals surface area contributed by atoms with Gasteiger partial charge in [0.1, 0.15) is 0 Å². The lowest BCUT2D eigenvalue weighted by molar-refractivity contribution is 0.103. The lowest BCUT2D eigenvalue weighted by Crippen LogP contribution is -2.04. The maximum Gasteiger partial charge on any atom is 0.221 e. The van der Waals surface area contributed by atoms with Crippen molar-refractivity contribution in [2.24, 2.45) is 7.05 Å². The minimum atomic E-state index is -0.144. The molecule has 0 saturated heterocycles. The Morgan fingerprint density at radius 2 is 2.09 bits per heavy atom. The minimum Gasteiger partial charge on any atom is -0.481 e. The van der Waals surface area contributed by atoms with Gasteiger partial charge in [0.2, 0.25) is 11.7 Å². The number of carbonyl (C=O) groups excluding carboxylic acids is 1. The van der Waals surface area contributed by atoms with Crippen LogP contribution in [0.15, 0.2) is 48.7 Å². The van der Waals surface area contributed by atoms with Gasteiger partial charge in [0.15, 0.2) is 5.82 Å². The van der Waals surface area contributed by atoms with Crippen LogP contribution in [0, 0.1) is 0 Å². The molecule has 5 heteroatoms. The average Bonchev–Trinajstić information content (AvgIpc) is 2.90. The third-order valence-corrected chi connectivity index (χ3v) is 3.40. The summed E-state index contributed by atoms with van der Waals surface area (Å²) in [7, 11) is 3.40. The number of aromatic nitrogens is 3. The maximum atomic E-state index is 12.3. The first-order chi connectivity index (χ1) is 10.7. The van der Waals surface area contributed by atoms with Crippen LogP contribution in [-0.2, 0) is 7.05 Å². The van der Waals surface area contributed by atoms with Gasteiger partial charge >= 0.3 is 0 Å². The Hall–Kier alpha value is -2.95. The summed E-state index contributed by atoms with van der Waals surface area (Å²) >= 11 is 0. The topological polar surface area (TPSA) is 57.0 Å². The van der Waals surface area contributed by atoms with Gasteiger partial charge in [0.05, 0.1) is 18.1 Å². The molecule has 0 saturated carbocycles. The molecule has 0 aliphatic heterocycles. The first kappa shape index (κ1) is 14.0. The van der Waals surface area contributed by atoms with Crippen LogP contribution in [0.4, 0.5) is 0 Å². The molecule has 0 N–H and O–H groups in total. The van der Waals surface area contributed by atoms with Crippen LogP contribution < -0.4 is 4.74 Å². The highest BCUT2D eigenvalue weighted by Gasteiger charge is 2.12. The molecule has 0 amide bonds. The third-order valence-electron chi connectivity index (χ3n) is 3.40. The van der Waals surface area contributed by atoms with Gasteiger partial charge in [0.25, 0.3) is 0 Å². The number of methoxy groups -OCH3 is 1. The normalized spacial score (nSPS) is 11.2. The van der Waals surface area contributed by atoms with Crippen molar-refractivity contribution in [3.63, 3.8) is 0 Å². The number of ketones is 1. The second kappa shape index (κ2) is 5.81. The Morgan fingerprint density at radius 1 is 1.27 bits per heavy atom. The SMILES string of the molecule is COc1cc(/C=C/C(=O)c2nc3ccccc3n2C)ccn1. The van der Waals surface area contributed by atoms with Crippen LogP contribution in [0.2, 0.25) is 0 Å². The Labute approximate surface area is 127 Å². The molecule has 0 aliphatic rings. The zero-order valence-corrected chi connectivity index (χ0v) is 12.4. The highest BCUT2D eigenvalue weighted by atomic mass is 16.5. The van der Waals surface area contributed by atoms with E-state index in [4.69, 9.17) is 4.74 Å². The Morgan fingerprint density at radius 3 is 2.86 bits per heavy atom. The Bertz CT molecular complexity index is 865. The van der Waals surface area contributed by atoms with Crippen LogP contribution in [-0.4, -0.2) is 27.4 Å². The number of nitrogens with zero attached hydrogens (tertiary/aromatic N) is 3. The predicted octanol–water partition coefficient (Wildman–Crippen LogP) is 2.87. The number of aryl methyl sites for hydroxylation is 1. The van der Waals surface area contributed by atoms with E-state index < -0.39 is 0 Å². The maximum absolute atomic E-state index is 12.3. The molecule has 2 aromatic heterocycles. The van der Waals surface area contributed by atoms with Crippen LogP contribution in [0.25, 0.3) is 17.1 Å². The van der Waals surface area contributed by atoms with Gasteiger partial charge in [-0.25, -0.2) is 9.97 Å². The van der Waals surface area contributed by atoms with E-state index in [2.05, 4.69) is 9.97 Å². The minimum absolute atomic E-state index is 0.144. The second-order valence-corrected chi connectivity index (χ2v) is 4.81. The molecule has 3 aromatic rings. The number of benzene rings is 1. The van der Waals surface area contributed by atoms with E-state index in [9.17, 15) is 4.79 Å². The molecular weight excluding hydrogens is 278 g/mol. The molecule has 2 heterocycles. The van der Waals surface area contributed by atoms with Gasteiger partial charge in [-0.1, -0.05) is 18.2 Å². The summed E-state index contributed by atoms with van der Waals surface area (Å²) in [6.45, 7) is 0. The van der Waals surface area contributed by atoms with Crippen molar-refractivity contribution in [1.82, 2.24) is 14.5 Å². The van der Waals surface area contributed by atoms with Crippen molar-refractivity contribution < 1.29 is 9.53 Å². The van der Waals surface area contributed by atoms with E-state index in [1.807, 2.05) is 31.3 Å². The molecule has 0 aliphatic carbocycles. The van der Waals surface area contributed by atoms with E-state index in [0.29, 0.717) is 11.7 Å². The van der Waals surface area contributed by atoms with E-state index in [1.54, 1.807) is 36.1 Å². The van der Waals surface area contributed by atoms with E-state index >= 15 is 0 Å². The molecule has 0 fully saturated rings. The highest BCUT2D eigenvalue weighted by molar-refractivity contribution is 6.06. The van der Waals surface area contributed by atoms with Crippen LogP contribution in [0.5, 0.6) is 5.88 Å². The lowest BCUT2D eigenvalue weighted by Gasteiger charge is -1.99. The Balaban J connectivity index is 1.89. The van der Waals surface area contributed by atoms with Gasteiger partial charge in [0, 0.05) is 19.3 Å². The standard InChI is InChI=1S/C17H15N3O2/c1-20-14-6-4-3-5-13(14)19-17(20)15(21)8-7-12-9-10-18-16(11-12)22-2/h3-11H,1-2H3/b8-7+. The number of para-hydroxylation sites is 2. The van der Waals surface area contributed by atoms with E-state index in [1.165, 1.54) is 6.08 Å². The van der Waals surface area contributed by atoms with E-state index in [0.717, 1.165) is 16.6 Å². The summed E-state index contributed by atoms with van der Waals surface area (Å²) in [5, 5.41) is 0. The summed E-state index contributed by atoms with van der Waals surface area (Å²) in [5.74, 6) is 0.783. The molecule has 0 atom stereocenters. The number of carbonyl (C=O) groups is 1. The smallest absolute Gasteiger partial charge is 0.221 e. The first-order valence-electron chi connectivity index (χ1n) is 6.83. The Kier molecular flexibility index (Phi) is 3.70. The summed E-state index contributed by atoms with van der Waals surface area (Å²) in [5.41, 5.74) is 2.59. The molecule has 22 heavy (non-hydrogen) atoms. The lowest BCUT2D eigenvalue weighted by atomic mass is 10.2. The number of hydrogen-bond donors (Lipinski definition) is 0. The van der Waals surface area contributed by atoms with Crippen molar-refractivity contribution in [2.75, 3.05) is 7.11 Å². The molecule has 3 rings (SSSR count). The predicted molar refractivity (Wildman–Crippen MR) is 84.9 cm³/mol. The number of allylic oxidation sites excluding steroid dienone is 1. The molecule has 0 radical (unpaired) electrons. The fourth-order valence-electron chi connectivity index (χ4n) is 2.25. The summed E-state index contributed by atoms with van der Waals surface area (Å²) in [6.07, 6.45) is 4.87. The molecule has 0 unspecified atom stereocenters. The van der Waals surface area contributed by atoms with Crippen molar-refractivity contribution in [1.29, 1.82) is 0 Å². The van der Waals surface area contributed by atoms with Crippen LogP contribution in [0.1, 0.15) is 16.2 Å². The fraction of sp³-hybridized carbons (Fsp3) is 0.118. The summed E-state index contributed by atoms with van der Waals surface area (Å²) in [4.78, 5) is 20.8.